The van der Waals surface area contributed by atoms with E-state index in [1.165, 1.54) is 12.1 Å². The van der Waals surface area contributed by atoms with E-state index in [0.29, 0.717) is 43.4 Å². The fourth-order valence-corrected chi connectivity index (χ4v) is 2.56. The number of nitro groups is 1. The molecule has 0 aromatic heterocycles. The van der Waals surface area contributed by atoms with Crippen LogP contribution in [0.15, 0.2) is 72.8 Å². The number of ether oxygens (including phenoxy) is 3. The van der Waals surface area contributed by atoms with Crippen LogP contribution in [0.3, 0.4) is 0 Å². The number of hydrogen-bond acceptors (Lipinski definition) is 6. The first-order chi connectivity index (χ1) is 14.2. The van der Waals surface area contributed by atoms with Gasteiger partial charge in [0.05, 0.1) is 17.6 Å². The van der Waals surface area contributed by atoms with Gasteiger partial charge in [-0.2, -0.15) is 0 Å². The molecule has 0 aliphatic rings. The molecule has 0 saturated heterocycles. The summed E-state index contributed by atoms with van der Waals surface area (Å²) in [4.78, 5) is 10.9. The summed E-state index contributed by atoms with van der Waals surface area (Å²) in [6, 6.07) is 21.3. The van der Waals surface area contributed by atoms with Crippen LogP contribution in [0.25, 0.3) is 0 Å². The van der Waals surface area contributed by atoms with E-state index in [2.05, 4.69) is 0 Å². The maximum absolute atomic E-state index is 11.4. The molecular formula is C22H23ClN2O5. The minimum Gasteiger partial charge on any atom is -0.493 e. The lowest BCUT2D eigenvalue weighted by molar-refractivity contribution is -0.385. The van der Waals surface area contributed by atoms with Crippen molar-refractivity contribution in [3.8, 4) is 23.0 Å². The quantitative estimate of drug-likeness (QED) is 0.272. The average molecular weight is 431 g/mol. The smallest absolute Gasteiger partial charge is 0.315 e. The molecule has 3 rings (SSSR count). The van der Waals surface area contributed by atoms with Crippen LogP contribution >= 0.6 is 12.4 Å². The van der Waals surface area contributed by atoms with E-state index in [0.717, 1.165) is 5.56 Å². The van der Waals surface area contributed by atoms with Gasteiger partial charge in [0, 0.05) is 0 Å². The summed E-state index contributed by atoms with van der Waals surface area (Å²) in [5, 5.41) is 11.4. The molecule has 3 aromatic carbocycles. The minimum absolute atomic E-state index is 0. The van der Waals surface area contributed by atoms with Gasteiger partial charge in [-0.05, 0) is 54.9 Å². The largest absolute Gasteiger partial charge is 0.493 e. The molecule has 0 bridgehead atoms. The second-order valence-corrected chi connectivity index (χ2v) is 6.23. The van der Waals surface area contributed by atoms with E-state index >= 15 is 0 Å². The number of nitro benzene ring substituents is 1. The zero-order valence-electron chi connectivity index (χ0n) is 16.2. The van der Waals surface area contributed by atoms with Crippen LogP contribution in [0.1, 0.15) is 12.0 Å². The highest BCUT2D eigenvalue weighted by Crippen LogP contribution is 2.35. The minimum atomic E-state index is -0.498. The summed E-state index contributed by atoms with van der Waals surface area (Å²) >= 11 is 0. The molecule has 0 amide bonds. The number of rotatable bonds is 10. The molecule has 0 atom stereocenters. The first-order valence-electron chi connectivity index (χ1n) is 9.21. The third-order valence-corrected chi connectivity index (χ3v) is 4.04. The van der Waals surface area contributed by atoms with Gasteiger partial charge in [-0.3, -0.25) is 10.1 Å². The summed E-state index contributed by atoms with van der Waals surface area (Å²) in [6.07, 6.45) is 0.671. The van der Waals surface area contributed by atoms with Gasteiger partial charge >= 0.3 is 5.69 Å². The SMILES string of the molecule is Cl.NCCCOc1ccc(Oc2ccc(OCc3ccccc3)cc2)c([N+](=O)[O-])c1. The Morgan fingerprint density at radius 1 is 0.867 bits per heavy atom. The lowest BCUT2D eigenvalue weighted by Crippen LogP contribution is -2.06. The standard InChI is InChI=1S/C22H22N2O5.ClH/c23-13-4-14-27-20-11-12-22(21(15-20)24(25)26)29-19-9-7-18(8-10-19)28-16-17-5-2-1-3-6-17;/h1-3,5-12,15H,4,13-14,16,23H2;1H. The molecular weight excluding hydrogens is 408 g/mol. The average Bonchev–Trinajstić information content (AvgIpc) is 2.75. The molecule has 0 spiro atoms. The van der Waals surface area contributed by atoms with Crippen molar-refractivity contribution in [2.45, 2.75) is 13.0 Å². The van der Waals surface area contributed by atoms with E-state index in [-0.39, 0.29) is 23.8 Å². The zero-order chi connectivity index (χ0) is 20.5. The lowest BCUT2D eigenvalue weighted by Gasteiger charge is -2.10. The maximum Gasteiger partial charge on any atom is 0.315 e. The molecule has 7 nitrogen and oxygen atoms in total. The third kappa shape index (κ3) is 6.65. The molecule has 30 heavy (non-hydrogen) atoms. The van der Waals surface area contributed by atoms with E-state index in [1.807, 2.05) is 30.3 Å². The number of halogens is 1. The number of benzene rings is 3. The molecule has 0 heterocycles. The Kier molecular flexibility index (Phi) is 8.93. The van der Waals surface area contributed by atoms with E-state index in [9.17, 15) is 10.1 Å². The summed E-state index contributed by atoms with van der Waals surface area (Å²) in [7, 11) is 0. The summed E-state index contributed by atoms with van der Waals surface area (Å²) in [6.45, 7) is 1.35. The second-order valence-electron chi connectivity index (χ2n) is 6.23. The Balaban J connectivity index is 0.00000320. The van der Waals surface area contributed by atoms with E-state index < -0.39 is 4.92 Å². The van der Waals surface area contributed by atoms with Gasteiger partial charge in [-0.25, -0.2) is 0 Å². The summed E-state index contributed by atoms with van der Waals surface area (Å²) in [5.41, 5.74) is 6.32. The Hall–Kier alpha value is -3.29. The normalized spacial score (nSPS) is 10.0. The van der Waals surface area contributed by atoms with Crippen LogP contribution in [0, 0.1) is 10.1 Å². The van der Waals surface area contributed by atoms with E-state index in [1.54, 1.807) is 30.3 Å². The van der Waals surface area contributed by atoms with Crippen molar-refractivity contribution in [2.75, 3.05) is 13.2 Å². The first-order valence-corrected chi connectivity index (χ1v) is 9.21. The van der Waals surface area contributed by atoms with Gasteiger partial charge < -0.3 is 19.9 Å². The van der Waals surface area contributed by atoms with Crippen molar-refractivity contribution in [2.24, 2.45) is 5.73 Å². The summed E-state index contributed by atoms with van der Waals surface area (Å²) < 4.78 is 16.9. The van der Waals surface area contributed by atoms with Crippen molar-refractivity contribution in [1.29, 1.82) is 0 Å². The Morgan fingerprint density at radius 2 is 1.53 bits per heavy atom. The van der Waals surface area contributed by atoms with Crippen LogP contribution in [0.5, 0.6) is 23.0 Å². The van der Waals surface area contributed by atoms with Gasteiger partial charge in [-0.1, -0.05) is 30.3 Å². The summed E-state index contributed by atoms with van der Waals surface area (Å²) in [5.74, 6) is 1.69. The Labute approximate surface area is 180 Å². The van der Waals surface area contributed by atoms with Crippen LogP contribution in [0.4, 0.5) is 5.69 Å². The monoisotopic (exact) mass is 430 g/mol. The highest BCUT2D eigenvalue weighted by molar-refractivity contribution is 5.85. The highest BCUT2D eigenvalue weighted by Gasteiger charge is 2.17. The van der Waals surface area contributed by atoms with Gasteiger partial charge in [0.2, 0.25) is 5.75 Å². The van der Waals surface area contributed by atoms with Gasteiger partial charge in [0.25, 0.3) is 0 Å². The molecule has 3 aromatic rings. The molecule has 0 saturated carbocycles. The fourth-order valence-electron chi connectivity index (χ4n) is 2.56. The molecule has 8 heteroatoms. The lowest BCUT2D eigenvalue weighted by atomic mass is 10.2. The molecule has 0 aliphatic heterocycles. The van der Waals surface area contributed by atoms with Gasteiger partial charge in [-0.15, -0.1) is 12.4 Å². The third-order valence-electron chi connectivity index (χ3n) is 4.04. The Bertz CT molecular complexity index is 936. The predicted molar refractivity (Wildman–Crippen MR) is 117 cm³/mol. The predicted octanol–water partition coefficient (Wildman–Crippen LogP) is 5.12. The topological polar surface area (TPSA) is 96.9 Å². The first kappa shape index (κ1) is 23.0. The van der Waals surface area contributed by atoms with Crippen molar-refractivity contribution in [3.63, 3.8) is 0 Å². The van der Waals surface area contributed by atoms with Crippen LogP contribution in [-0.4, -0.2) is 18.1 Å². The molecule has 0 unspecified atom stereocenters. The molecule has 158 valence electrons. The van der Waals surface area contributed by atoms with Crippen molar-refractivity contribution < 1.29 is 19.1 Å². The highest BCUT2D eigenvalue weighted by atomic mass is 35.5. The molecule has 2 N–H and O–H groups in total. The van der Waals surface area contributed by atoms with Crippen LogP contribution in [0.2, 0.25) is 0 Å². The Morgan fingerprint density at radius 3 is 2.20 bits per heavy atom. The zero-order valence-corrected chi connectivity index (χ0v) is 17.0. The van der Waals surface area contributed by atoms with Crippen LogP contribution in [-0.2, 0) is 6.61 Å². The van der Waals surface area contributed by atoms with Crippen molar-refractivity contribution >= 4 is 18.1 Å². The number of nitrogens with zero attached hydrogens (tertiary/aromatic N) is 1. The van der Waals surface area contributed by atoms with Gasteiger partial charge in [0.15, 0.2) is 0 Å². The molecule has 0 radical (unpaired) electrons. The van der Waals surface area contributed by atoms with Crippen molar-refractivity contribution in [1.82, 2.24) is 0 Å². The van der Waals surface area contributed by atoms with E-state index in [4.69, 9.17) is 19.9 Å². The van der Waals surface area contributed by atoms with Gasteiger partial charge in [0.1, 0.15) is 23.9 Å². The van der Waals surface area contributed by atoms with Crippen molar-refractivity contribution in [3.05, 3.63) is 88.5 Å². The molecule has 0 fully saturated rings. The second kappa shape index (κ2) is 11.6. The maximum atomic E-state index is 11.4. The van der Waals surface area contributed by atoms with Crippen LogP contribution < -0.4 is 19.9 Å². The molecule has 0 aliphatic carbocycles. The fraction of sp³-hybridized carbons (Fsp3) is 0.182. The number of hydrogen-bond donors (Lipinski definition) is 1. The number of nitrogens with two attached hydrogens (primary N) is 1.